The van der Waals surface area contributed by atoms with E-state index in [0.717, 1.165) is 6.08 Å². The van der Waals surface area contributed by atoms with Gasteiger partial charge >= 0.3 is 11.9 Å². The number of aromatic carboxylic acids is 1. The smallest absolute Gasteiger partial charge is 0.336 e. The van der Waals surface area contributed by atoms with Crippen molar-refractivity contribution in [2.24, 2.45) is 0 Å². The zero-order chi connectivity index (χ0) is 21.2. The summed E-state index contributed by atoms with van der Waals surface area (Å²) >= 11 is 6.00. The number of ketones is 1. The lowest BCUT2D eigenvalue weighted by atomic mass is 9.98. The quantitative estimate of drug-likeness (QED) is 0.258. The van der Waals surface area contributed by atoms with Crippen molar-refractivity contribution < 1.29 is 33.7 Å². The summed E-state index contributed by atoms with van der Waals surface area (Å²) in [5, 5.41) is 9.67. The normalized spacial score (nSPS) is 10.2. The van der Waals surface area contributed by atoms with E-state index < -0.39 is 17.7 Å². The summed E-state index contributed by atoms with van der Waals surface area (Å²) in [5.74, 6) is -2.01. The van der Waals surface area contributed by atoms with Crippen LogP contribution in [-0.2, 0) is 14.3 Å². The summed E-state index contributed by atoms with van der Waals surface area (Å²) < 4.78 is 15.7. The zero-order valence-electron chi connectivity index (χ0n) is 15.4. The average Bonchev–Trinajstić information content (AvgIpc) is 2.72. The molecule has 2 rings (SSSR count). The van der Waals surface area contributed by atoms with E-state index in [2.05, 4.69) is 6.58 Å². The van der Waals surface area contributed by atoms with Crippen LogP contribution in [0.4, 0.5) is 0 Å². The van der Waals surface area contributed by atoms with Gasteiger partial charge in [-0.15, -0.1) is 0 Å². The molecule has 0 aliphatic rings. The third-order valence-electron chi connectivity index (χ3n) is 3.71. The van der Waals surface area contributed by atoms with Gasteiger partial charge in [0.1, 0.15) is 19.0 Å². The van der Waals surface area contributed by atoms with Crippen LogP contribution in [-0.4, -0.2) is 49.3 Å². The summed E-state index contributed by atoms with van der Waals surface area (Å²) in [7, 11) is 0. The van der Waals surface area contributed by atoms with Crippen molar-refractivity contribution in [2.45, 2.75) is 0 Å². The molecule has 2 aromatic rings. The maximum absolute atomic E-state index is 12.9. The average molecular weight is 419 g/mol. The Morgan fingerprint density at radius 3 is 2.34 bits per heavy atom. The van der Waals surface area contributed by atoms with Crippen LogP contribution in [0.1, 0.15) is 26.3 Å². The molecule has 1 N–H and O–H groups in total. The molecule has 0 aliphatic carbocycles. The number of hydrogen-bond donors (Lipinski definition) is 1. The molecule has 0 saturated carbocycles. The van der Waals surface area contributed by atoms with Crippen LogP contribution in [0.5, 0.6) is 5.75 Å². The van der Waals surface area contributed by atoms with Crippen molar-refractivity contribution in [3.05, 3.63) is 76.8 Å². The Morgan fingerprint density at radius 2 is 1.66 bits per heavy atom. The second-order valence-corrected chi connectivity index (χ2v) is 6.09. The first kappa shape index (κ1) is 22.1. The molecule has 0 unspecified atom stereocenters. The van der Waals surface area contributed by atoms with Crippen molar-refractivity contribution in [2.75, 3.05) is 26.4 Å². The van der Waals surface area contributed by atoms with Gasteiger partial charge in [-0.05, 0) is 24.3 Å². The van der Waals surface area contributed by atoms with Gasteiger partial charge in [-0.25, -0.2) is 9.59 Å². The Hall–Kier alpha value is -3.16. The maximum Gasteiger partial charge on any atom is 0.336 e. The SMILES string of the molecule is C=CC(=O)OCCOCCOc1cc(Cl)ccc1C(=O)c1ccccc1C(=O)O. The molecule has 7 nitrogen and oxygen atoms in total. The van der Waals surface area contributed by atoms with Crippen LogP contribution in [0.25, 0.3) is 0 Å². The van der Waals surface area contributed by atoms with E-state index in [0.29, 0.717) is 5.02 Å². The number of rotatable bonds is 11. The van der Waals surface area contributed by atoms with Gasteiger partial charge in [-0.3, -0.25) is 4.79 Å². The lowest BCUT2D eigenvalue weighted by molar-refractivity contribution is -0.139. The van der Waals surface area contributed by atoms with Crippen molar-refractivity contribution in [3.8, 4) is 5.75 Å². The van der Waals surface area contributed by atoms with Gasteiger partial charge in [-0.1, -0.05) is 36.4 Å². The maximum atomic E-state index is 12.9. The monoisotopic (exact) mass is 418 g/mol. The Morgan fingerprint density at radius 1 is 0.966 bits per heavy atom. The lowest BCUT2D eigenvalue weighted by Crippen LogP contribution is -2.14. The van der Waals surface area contributed by atoms with E-state index in [4.69, 9.17) is 25.8 Å². The van der Waals surface area contributed by atoms with Crippen LogP contribution in [0, 0.1) is 0 Å². The van der Waals surface area contributed by atoms with Gasteiger partial charge < -0.3 is 19.3 Å². The molecule has 0 aliphatic heterocycles. The topological polar surface area (TPSA) is 99.1 Å². The number of esters is 1. The van der Waals surface area contributed by atoms with Crippen LogP contribution >= 0.6 is 11.6 Å². The molecule has 8 heteroatoms. The lowest BCUT2D eigenvalue weighted by Gasteiger charge is -2.13. The first-order valence-corrected chi connectivity index (χ1v) is 8.98. The number of ether oxygens (including phenoxy) is 3. The van der Waals surface area contributed by atoms with Gasteiger partial charge in [0, 0.05) is 16.7 Å². The third-order valence-corrected chi connectivity index (χ3v) is 3.95. The molecule has 0 aromatic heterocycles. The number of carboxylic acid groups (broad SMARTS) is 1. The predicted octanol–water partition coefficient (Wildman–Crippen LogP) is 3.39. The number of carboxylic acids is 1. The Balaban J connectivity index is 2.03. The molecule has 0 radical (unpaired) electrons. The van der Waals surface area contributed by atoms with E-state index in [1.165, 1.54) is 30.3 Å². The first-order valence-electron chi connectivity index (χ1n) is 8.60. The fraction of sp³-hybridized carbons (Fsp3) is 0.190. The van der Waals surface area contributed by atoms with E-state index >= 15 is 0 Å². The predicted molar refractivity (Wildman–Crippen MR) is 106 cm³/mol. The number of carbonyl (C=O) groups is 3. The van der Waals surface area contributed by atoms with Gasteiger partial charge in [0.25, 0.3) is 0 Å². The van der Waals surface area contributed by atoms with Crippen molar-refractivity contribution in [1.29, 1.82) is 0 Å². The highest BCUT2D eigenvalue weighted by Crippen LogP contribution is 2.27. The molecule has 0 bridgehead atoms. The van der Waals surface area contributed by atoms with Crippen molar-refractivity contribution in [3.63, 3.8) is 0 Å². The number of halogens is 1. The minimum atomic E-state index is -1.20. The third kappa shape index (κ3) is 6.44. The second-order valence-electron chi connectivity index (χ2n) is 5.65. The number of benzene rings is 2. The fourth-order valence-electron chi connectivity index (χ4n) is 2.39. The molecule has 0 atom stereocenters. The van der Waals surface area contributed by atoms with E-state index in [1.807, 2.05) is 0 Å². The van der Waals surface area contributed by atoms with E-state index in [1.54, 1.807) is 12.1 Å². The summed E-state index contributed by atoms with van der Waals surface area (Å²) in [6.07, 6.45) is 1.06. The fourth-order valence-corrected chi connectivity index (χ4v) is 2.55. The molecule has 0 spiro atoms. The molecule has 2 aromatic carbocycles. The molecule has 0 heterocycles. The number of carbonyl (C=O) groups excluding carboxylic acids is 2. The second kappa shape index (κ2) is 11.0. The summed E-state index contributed by atoms with van der Waals surface area (Å²) in [5.41, 5.74) is 0.131. The minimum Gasteiger partial charge on any atom is -0.490 e. The first-order chi connectivity index (χ1) is 13.9. The van der Waals surface area contributed by atoms with E-state index in [9.17, 15) is 19.5 Å². The van der Waals surface area contributed by atoms with Crippen molar-refractivity contribution in [1.82, 2.24) is 0 Å². The van der Waals surface area contributed by atoms with Crippen LogP contribution in [0.15, 0.2) is 55.1 Å². The molecular weight excluding hydrogens is 400 g/mol. The minimum absolute atomic E-state index is 0.0486. The molecule has 0 saturated heterocycles. The Bertz CT molecular complexity index is 908. The Kier molecular flexibility index (Phi) is 8.39. The van der Waals surface area contributed by atoms with Crippen LogP contribution < -0.4 is 4.74 Å². The van der Waals surface area contributed by atoms with Crippen LogP contribution in [0.3, 0.4) is 0 Å². The van der Waals surface area contributed by atoms with Crippen molar-refractivity contribution >= 4 is 29.3 Å². The number of hydrogen-bond acceptors (Lipinski definition) is 6. The highest BCUT2D eigenvalue weighted by Gasteiger charge is 2.20. The molecule has 0 amide bonds. The van der Waals surface area contributed by atoms with Gasteiger partial charge in [0.2, 0.25) is 0 Å². The molecule has 152 valence electrons. The molecular formula is C21H19ClO7. The molecule has 0 fully saturated rings. The van der Waals surface area contributed by atoms with Gasteiger partial charge in [0.05, 0.1) is 24.3 Å². The Labute approximate surface area is 172 Å². The highest BCUT2D eigenvalue weighted by atomic mass is 35.5. The standard InChI is InChI=1S/C21H19ClO7/c1-2-19(23)29-12-10-27-9-11-28-18-13-14(22)7-8-17(18)20(24)15-5-3-4-6-16(15)21(25)26/h2-8,13H,1,9-12H2,(H,25,26). The highest BCUT2D eigenvalue weighted by molar-refractivity contribution is 6.31. The summed E-state index contributed by atoms with van der Waals surface area (Å²) in [6.45, 7) is 3.83. The summed E-state index contributed by atoms with van der Waals surface area (Å²) in [4.78, 5) is 35.2. The van der Waals surface area contributed by atoms with Crippen LogP contribution in [0.2, 0.25) is 5.02 Å². The zero-order valence-corrected chi connectivity index (χ0v) is 16.2. The van der Waals surface area contributed by atoms with Gasteiger partial charge in [0.15, 0.2) is 5.78 Å². The van der Waals surface area contributed by atoms with Gasteiger partial charge in [-0.2, -0.15) is 0 Å². The van der Waals surface area contributed by atoms with E-state index in [-0.39, 0.29) is 48.9 Å². The summed E-state index contributed by atoms with van der Waals surface area (Å²) in [6, 6.07) is 10.4. The largest absolute Gasteiger partial charge is 0.490 e. The molecule has 29 heavy (non-hydrogen) atoms.